The first-order valence-corrected chi connectivity index (χ1v) is 10.9. The van der Waals surface area contributed by atoms with Crippen molar-refractivity contribution >= 4 is 0 Å². The highest BCUT2D eigenvalue weighted by molar-refractivity contribution is 4.88. The van der Waals surface area contributed by atoms with E-state index in [9.17, 15) is 0 Å². The normalized spacial score (nSPS) is 20.2. The van der Waals surface area contributed by atoms with Gasteiger partial charge in [0.25, 0.3) is 0 Å². The topological polar surface area (TPSA) is 9.23 Å². The summed E-state index contributed by atoms with van der Waals surface area (Å²) in [6.07, 6.45) is 4.61. The maximum absolute atomic E-state index is 7.09. The van der Waals surface area contributed by atoms with E-state index in [1.165, 1.54) is 0 Å². The number of hydrogen-bond acceptors (Lipinski definition) is 1. The number of ether oxygens (including phenoxy) is 1. The van der Waals surface area contributed by atoms with Gasteiger partial charge in [0.2, 0.25) is 0 Å². The van der Waals surface area contributed by atoms with Crippen molar-refractivity contribution in [3.05, 3.63) is 0 Å². The van der Waals surface area contributed by atoms with Crippen molar-refractivity contribution in [2.45, 2.75) is 120 Å². The van der Waals surface area contributed by atoms with E-state index in [0.717, 1.165) is 25.7 Å². The minimum atomic E-state index is -0.0296. The molecule has 0 heterocycles. The molecule has 0 radical (unpaired) electrons. The molecule has 0 N–H and O–H groups in total. The van der Waals surface area contributed by atoms with E-state index >= 15 is 0 Å². The van der Waals surface area contributed by atoms with Gasteiger partial charge in [-0.05, 0) is 75.0 Å². The Labute approximate surface area is 160 Å². The standard InChI is InChI=1S/C24H50O/c1-17(2)13-23(11,15-21(9)19(5)6)25-24(12,14-18(3)4)16-22(10)20(7)8/h17-22H,13-16H2,1-12H3. The third-order valence-corrected chi connectivity index (χ3v) is 5.96. The molecule has 0 amide bonds. The van der Waals surface area contributed by atoms with Gasteiger partial charge < -0.3 is 4.74 Å². The largest absolute Gasteiger partial charge is 0.369 e. The molecular weight excluding hydrogens is 304 g/mol. The summed E-state index contributed by atoms with van der Waals surface area (Å²) in [5.41, 5.74) is -0.0591. The number of rotatable bonds is 12. The second-order valence-corrected chi connectivity index (χ2v) is 11.0. The molecule has 0 spiro atoms. The van der Waals surface area contributed by atoms with Crippen LogP contribution in [0.15, 0.2) is 0 Å². The fraction of sp³-hybridized carbons (Fsp3) is 1.00. The van der Waals surface area contributed by atoms with E-state index in [4.69, 9.17) is 4.74 Å². The van der Waals surface area contributed by atoms with Gasteiger partial charge in [-0.2, -0.15) is 0 Å². The third kappa shape index (κ3) is 10.0. The summed E-state index contributed by atoms with van der Waals surface area (Å²) in [6.45, 7) is 28.2. The SMILES string of the molecule is CC(C)CC(C)(CC(C)C(C)C)OC(C)(CC(C)C)CC(C)C(C)C. The Kier molecular flexibility index (Phi) is 10.3. The van der Waals surface area contributed by atoms with Crippen molar-refractivity contribution in [2.75, 3.05) is 0 Å². The highest BCUT2D eigenvalue weighted by atomic mass is 16.5. The van der Waals surface area contributed by atoms with Gasteiger partial charge in [0.1, 0.15) is 0 Å². The van der Waals surface area contributed by atoms with Crippen molar-refractivity contribution in [1.29, 1.82) is 0 Å². The Morgan fingerprint density at radius 1 is 0.520 bits per heavy atom. The van der Waals surface area contributed by atoms with Gasteiger partial charge in [-0.1, -0.05) is 69.2 Å². The van der Waals surface area contributed by atoms with E-state index in [0.29, 0.717) is 35.5 Å². The average Bonchev–Trinajstić information content (AvgIpc) is 2.34. The zero-order chi connectivity index (χ0) is 20.0. The second-order valence-electron chi connectivity index (χ2n) is 11.0. The molecule has 1 heteroatoms. The lowest BCUT2D eigenvalue weighted by Crippen LogP contribution is -2.45. The Morgan fingerprint density at radius 2 is 0.800 bits per heavy atom. The first kappa shape index (κ1) is 25.0. The number of hydrogen-bond donors (Lipinski definition) is 0. The Hall–Kier alpha value is -0.0400. The highest BCUT2D eigenvalue weighted by Crippen LogP contribution is 2.40. The van der Waals surface area contributed by atoms with Crippen LogP contribution in [0, 0.1) is 35.5 Å². The summed E-state index contributed by atoms with van der Waals surface area (Å²) in [5, 5.41) is 0. The van der Waals surface area contributed by atoms with Crippen LogP contribution in [0.5, 0.6) is 0 Å². The molecule has 152 valence electrons. The lowest BCUT2D eigenvalue weighted by atomic mass is 9.78. The quantitative estimate of drug-likeness (QED) is 0.345. The zero-order valence-corrected chi connectivity index (χ0v) is 19.7. The van der Waals surface area contributed by atoms with Crippen LogP contribution in [0.3, 0.4) is 0 Å². The van der Waals surface area contributed by atoms with Crippen LogP contribution in [0.1, 0.15) is 109 Å². The van der Waals surface area contributed by atoms with Crippen molar-refractivity contribution in [3.63, 3.8) is 0 Å². The Balaban J connectivity index is 5.48. The van der Waals surface area contributed by atoms with Crippen LogP contribution in [-0.2, 0) is 4.74 Å². The Bertz CT molecular complexity index is 323. The zero-order valence-electron chi connectivity index (χ0n) is 19.7. The predicted molar refractivity (Wildman–Crippen MR) is 114 cm³/mol. The maximum atomic E-state index is 7.09. The van der Waals surface area contributed by atoms with Gasteiger partial charge in [0.05, 0.1) is 11.2 Å². The summed E-state index contributed by atoms with van der Waals surface area (Å²) in [5.74, 6) is 4.12. The van der Waals surface area contributed by atoms with Crippen LogP contribution in [0.2, 0.25) is 0 Å². The molecule has 0 aromatic rings. The molecule has 0 saturated heterocycles. The molecule has 25 heavy (non-hydrogen) atoms. The first-order chi connectivity index (χ1) is 11.2. The lowest BCUT2D eigenvalue weighted by molar-refractivity contribution is -0.173. The van der Waals surface area contributed by atoms with Gasteiger partial charge in [0, 0.05) is 0 Å². The molecule has 0 aliphatic heterocycles. The molecule has 0 bridgehead atoms. The summed E-state index contributed by atoms with van der Waals surface area (Å²) < 4.78 is 7.09. The molecule has 0 aliphatic carbocycles. The van der Waals surface area contributed by atoms with Gasteiger partial charge in [-0.3, -0.25) is 0 Å². The smallest absolute Gasteiger partial charge is 0.0667 e. The fourth-order valence-electron chi connectivity index (χ4n) is 4.49. The molecule has 0 aromatic heterocycles. The monoisotopic (exact) mass is 354 g/mol. The fourth-order valence-corrected chi connectivity index (χ4v) is 4.49. The van der Waals surface area contributed by atoms with Crippen molar-refractivity contribution < 1.29 is 4.74 Å². The van der Waals surface area contributed by atoms with Gasteiger partial charge in [0.15, 0.2) is 0 Å². The molecule has 4 atom stereocenters. The summed E-state index contributed by atoms with van der Waals surface area (Å²) in [6, 6.07) is 0. The van der Waals surface area contributed by atoms with Crippen LogP contribution >= 0.6 is 0 Å². The molecule has 0 rings (SSSR count). The van der Waals surface area contributed by atoms with E-state index in [1.54, 1.807) is 0 Å². The van der Waals surface area contributed by atoms with Gasteiger partial charge >= 0.3 is 0 Å². The molecule has 0 fully saturated rings. The molecule has 0 aromatic carbocycles. The van der Waals surface area contributed by atoms with E-state index < -0.39 is 0 Å². The van der Waals surface area contributed by atoms with Gasteiger partial charge in [-0.15, -0.1) is 0 Å². The third-order valence-electron chi connectivity index (χ3n) is 5.96. The summed E-state index contributed by atoms with van der Waals surface area (Å²) in [4.78, 5) is 0. The molecule has 0 aliphatic rings. The van der Waals surface area contributed by atoms with Gasteiger partial charge in [-0.25, -0.2) is 0 Å². The molecule has 0 saturated carbocycles. The minimum absolute atomic E-state index is 0.0296. The first-order valence-electron chi connectivity index (χ1n) is 10.9. The lowest BCUT2D eigenvalue weighted by Gasteiger charge is -2.45. The van der Waals surface area contributed by atoms with Crippen LogP contribution < -0.4 is 0 Å². The molecule has 1 nitrogen and oxygen atoms in total. The van der Waals surface area contributed by atoms with Crippen LogP contribution in [-0.4, -0.2) is 11.2 Å². The summed E-state index contributed by atoms with van der Waals surface area (Å²) >= 11 is 0. The van der Waals surface area contributed by atoms with E-state index in [-0.39, 0.29) is 11.2 Å². The van der Waals surface area contributed by atoms with Crippen molar-refractivity contribution in [2.24, 2.45) is 35.5 Å². The molecular formula is C24H50O. The highest BCUT2D eigenvalue weighted by Gasteiger charge is 2.39. The van der Waals surface area contributed by atoms with Crippen LogP contribution in [0.25, 0.3) is 0 Å². The van der Waals surface area contributed by atoms with Crippen molar-refractivity contribution in [3.8, 4) is 0 Å². The molecule has 4 unspecified atom stereocenters. The minimum Gasteiger partial charge on any atom is -0.369 e. The predicted octanol–water partition coefficient (Wildman–Crippen LogP) is 7.98. The maximum Gasteiger partial charge on any atom is 0.0667 e. The Morgan fingerprint density at radius 3 is 1.00 bits per heavy atom. The van der Waals surface area contributed by atoms with Crippen LogP contribution in [0.4, 0.5) is 0 Å². The van der Waals surface area contributed by atoms with E-state index in [2.05, 4.69) is 83.1 Å². The second kappa shape index (κ2) is 10.3. The van der Waals surface area contributed by atoms with Crippen molar-refractivity contribution in [1.82, 2.24) is 0 Å². The summed E-state index contributed by atoms with van der Waals surface area (Å²) in [7, 11) is 0. The average molecular weight is 355 g/mol. The van der Waals surface area contributed by atoms with E-state index in [1.807, 2.05) is 0 Å².